The molecule has 0 spiro atoms. The number of hydrogen-bond acceptors (Lipinski definition) is 3. The number of benzene rings is 2. The van der Waals surface area contributed by atoms with E-state index in [9.17, 15) is 24.2 Å². The van der Waals surface area contributed by atoms with Gasteiger partial charge in [0.1, 0.15) is 10.5 Å². The van der Waals surface area contributed by atoms with Gasteiger partial charge in [-0.15, -0.1) is 0 Å². The Morgan fingerprint density at radius 3 is 2.49 bits per heavy atom. The summed E-state index contributed by atoms with van der Waals surface area (Å²) in [6, 6.07) is 10.6. The van der Waals surface area contributed by atoms with Gasteiger partial charge < -0.3 is 5.32 Å². The van der Waals surface area contributed by atoms with Gasteiger partial charge in [0.2, 0.25) is 0 Å². The molecule has 0 fully saturated rings. The molecule has 0 unspecified atom stereocenters. The van der Waals surface area contributed by atoms with Gasteiger partial charge in [-0.1, -0.05) is 37.1 Å². The molecule has 192 valence electrons. The van der Waals surface area contributed by atoms with Crippen molar-refractivity contribution in [2.45, 2.75) is 11.8 Å². The van der Waals surface area contributed by atoms with E-state index in [0.29, 0.717) is 22.6 Å². The third-order valence-corrected chi connectivity index (χ3v) is 7.19. The molecule has 0 bridgehead atoms. The molecule has 2 aromatic carbocycles. The van der Waals surface area contributed by atoms with Gasteiger partial charge >= 0.3 is 10.2 Å². The monoisotopic (exact) mass is 553 g/mol. The normalized spacial score (nSPS) is 13.8. The number of rotatable bonds is 5. The molecule has 3 heterocycles. The van der Waals surface area contributed by atoms with E-state index in [1.807, 2.05) is 12.1 Å². The summed E-state index contributed by atoms with van der Waals surface area (Å²) in [5.74, 6) is -1.00. The highest BCUT2D eigenvalue weighted by atomic mass is 35.5. The second-order valence-electron chi connectivity index (χ2n) is 8.30. The van der Waals surface area contributed by atoms with E-state index in [1.54, 1.807) is 52.9 Å². The summed E-state index contributed by atoms with van der Waals surface area (Å²) in [6.07, 6.45) is 6.78. The molecular weight excluding hydrogens is 537 g/mol. The van der Waals surface area contributed by atoms with Crippen LogP contribution in [0, 0.1) is 6.92 Å². The molecule has 3 aromatic heterocycles. The van der Waals surface area contributed by atoms with E-state index < -0.39 is 26.6 Å². The highest BCUT2D eigenvalue weighted by molar-refractivity contribution is 8.45. The van der Waals surface area contributed by atoms with E-state index in [0.717, 1.165) is 17.7 Å². The fourth-order valence-corrected chi connectivity index (χ4v) is 4.71. The molecule has 5 rings (SSSR count). The molecule has 0 saturated carbocycles. The second-order valence-corrected chi connectivity index (χ2v) is 11.1. The molecule has 0 atom stereocenters. The first kappa shape index (κ1) is 24.8. The Bertz CT molecular complexity index is 1680. The molecule has 6 nitrogen and oxygen atoms in total. The Labute approximate surface area is 212 Å². The number of carbonyl (C=O) groups is 1. The minimum absolute atomic E-state index is 0.134. The fraction of sp³-hybridized carbons (Fsp3) is 0.0417. The van der Waals surface area contributed by atoms with E-state index in [2.05, 4.69) is 15.4 Å². The van der Waals surface area contributed by atoms with Crippen LogP contribution in [0.15, 0.2) is 84.3 Å². The van der Waals surface area contributed by atoms with Gasteiger partial charge in [0.15, 0.2) is 0 Å². The summed E-state index contributed by atoms with van der Waals surface area (Å²) in [5.41, 5.74) is 2.96. The largest absolute Gasteiger partial charge is 0.322 e. The summed E-state index contributed by atoms with van der Waals surface area (Å²) in [5, 5.41) is 7.25. The van der Waals surface area contributed by atoms with Crippen LogP contribution in [0.25, 0.3) is 22.6 Å². The van der Waals surface area contributed by atoms with Crippen molar-refractivity contribution >= 4 is 39.1 Å². The molecule has 0 aliphatic rings. The van der Waals surface area contributed by atoms with Crippen molar-refractivity contribution in [1.29, 1.82) is 0 Å². The maximum Gasteiger partial charge on any atom is 0.310 e. The van der Waals surface area contributed by atoms with Crippen molar-refractivity contribution in [2.75, 3.05) is 5.32 Å². The van der Waals surface area contributed by atoms with Gasteiger partial charge in [-0.3, -0.25) is 14.3 Å². The number of anilines is 1. The molecule has 0 aliphatic heterocycles. The summed E-state index contributed by atoms with van der Waals surface area (Å²) in [6.45, 7) is 1.76. The van der Waals surface area contributed by atoms with Gasteiger partial charge in [0.05, 0.1) is 11.4 Å². The average Bonchev–Trinajstić information content (AvgIpc) is 3.42. The van der Waals surface area contributed by atoms with Crippen molar-refractivity contribution in [1.82, 2.24) is 19.2 Å². The third-order valence-electron chi connectivity index (χ3n) is 5.65. The van der Waals surface area contributed by atoms with Crippen molar-refractivity contribution in [3.8, 4) is 16.9 Å². The topological polar surface area (TPSA) is 64.2 Å². The van der Waals surface area contributed by atoms with Gasteiger partial charge in [0, 0.05) is 52.7 Å². The highest BCUT2D eigenvalue weighted by Gasteiger charge is 2.65. The van der Waals surface area contributed by atoms with Crippen LogP contribution in [0.4, 0.5) is 25.1 Å². The van der Waals surface area contributed by atoms with Crippen LogP contribution in [-0.2, 0) is 0 Å². The lowest BCUT2D eigenvalue weighted by molar-refractivity contribution is 0.102. The first-order valence-corrected chi connectivity index (χ1v) is 13.0. The Morgan fingerprint density at radius 1 is 1.00 bits per heavy atom. The van der Waals surface area contributed by atoms with Crippen molar-refractivity contribution in [3.05, 3.63) is 95.5 Å². The van der Waals surface area contributed by atoms with Crippen LogP contribution in [0.1, 0.15) is 15.9 Å². The van der Waals surface area contributed by atoms with Crippen LogP contribution in [0.5, 0.6) is 0 Å². The number of halogens is 6. The van der Waals surface area contributed by atoms with Crippen LogP contribution >= 0.6 is 21.8 Å². The van der Waals surface area contributed by atoms with Gasteiger partial charge in [0.25, 0.3) is 5.91 Å². The Balaban J connectivity index is 1.51. The minimum Gasteiger partial charge on any atom is -0.322 e. The van der Waals surface area contributed by atoms with Gasteiger partial charge in [-0.2, -0.15) is 5.10 Å². The summed E-state index contributed by atoms with van der Waals surface area (Å²) in [4.78, 5) is 14.6. The second kappa shape index (κ2) is 7.80. The first-order chi connectivity index (χ1) is 17.2. The first-order valence-electron chi connectivity index (χ1n) is 10.6. The number of fused-ring (bicyclic) bond motifs is 1. The summed E-state index contributed by atoms with van der Waals surface area (Å²) < 4.78 is 69.4. The van der Waals surface area contributed by atoms with E-state index in [4.69, 9.17) is 11.6 Å². The predicted molar refractivity (Wildman–Crippen MR) is 133 cm³/mol. The number of aromatic nitrogens is 4. The smallest absolute Gasteiger partial charge is 0.310 e. The van der Waals surface area contributed by atoms with Crippen LogP contribution in [0.3, 0.4) is 0 Å². The Kier molecular flexibility index (Phi) is 5.22. The number of carbonyl (C=O) groups excluding carboxylic acids is 1. The number of amides is 1. The number of pyridine rings is 1. The molecule has 5 aromatic rings. The van der Waals surface area contributed by atoms with Crippen LogP contribution in [-0.4, -0.2) is 25.1 Å². The Hall–Kier alpha value is -3.90. The summed E-state index contributed by atoms with van der Waals surface area (Å²) in [7, 11) is -9.95. The minimum atomic E-state index is -9.95. The SMILES string of the molecule is Cc1c(Cl)cc(NC(=O)c2cccc(S(F)(F)(F)(F)F)c2)cc1-n1ccn2nc(-c3cccnc3)cc12. The van der Waals surface area contributed by atoms with Crippen molar-refractivity contribution in [3.63, 3.8) is 0 Å². The van der Waals surface area contributed by atoms with E-state index in [-0.39, 0.29) is 22.8 Å². The third kappa shape index (κ3) is 4.89. The van der Waals surface area contributed by atoms with E-state index >= 15 is 0 Å². The van der Waals surface area contributed by atoms with Crippen molar-refractivity contribution in [2.24, 2.45) is 0 Å². The maximum absolute atomic E-state index is 13.2. The molecule has 13 heteroatoms. The molecule has 37 heavy (non-hydrogen) atoms. The van der Waals surface area contributed by atoms with Gasteiger partial charge in [-0.05, 0) is 55.0 Å². The van der Waals surface area contributed by atoms with Crippen molar-refractivity contribution < 1.29 is 24.2 Å². The number of hydrogen-bond donors (Lipinski definition) is 1. The highest BCUT2D eigenvalue weighted by Crippen LogP contribution is 3.02. The van der Waals surface area contributed by atoms with Crippen LogP contribution in [0.2, 0.25) is 5.02 Å². The molecule has 0 aliphatic carbocycles. The zero-order chi connectivity index (χ0) is 26.7. The lowest BCUT2D eigenvalue weighted by Gasteiger charge is -2.40. The van der Waals surface area contributed by atoms with Gasteiger partial charge in [-0.25, -0.2) is 4.52 Å². The summed E-state index contributed by atoms with van der Waals surface area (Å²) >= 11 is 6.40. The molecule has 0 saturated heterocycles. The average molecular weight is 554 g/mol. The molecular formula is C24H17ClF5N5OS. The lowest BCUT2D eigenvalue weighted by Crippen LogP contribution is -2.14. The standard InChI is InChI=1S/C24H17ClF5N5OS/c1-15-20(25)11-18(32-24(36)16-4-2-6-19(10-16)37(26,27,28,29)30)12-22(15)34-8-9-35-23(34)13-21(33-35)17-5-3-7-31-14-17/h2-14H,1H3,(H,32,36). The molecule has 0 radical (unpaired) electrons. The zero-order valence-electron chi connectivity index (χ0n) is 18.9. The predicted octanol–water partition coefficient (Wildman–Crippen LogP) is 8.06. The zero-order valence-corrected chi connectivity index (χ0v) is 20.5. The number of nitrogens with zero attached hydrogens (tertiary/aromatic N) is 4. The Morgan fingerprint density at radius 2 is 1.78 bits per heavy atom. The quantitative estimate of drug-likeness (QED) is 0.224. The fourth-order valence-electron chi connectivity index (χ4n) is 3.81. The molecule has 1 amide bonds. The molecule has 1 N–H and O–H groups in total. The van der Waals surface area contributed by atoms with Crippen LogP contribution < -0.4 is 5.32 Å². The number of nitrogens with one attached hydrogen (secondary N) is 1. The maximum atomic E-state index is 13.2. The lowest BCUT2D eigenvalue weighted by atomic mass is 10.1. The van der Waals surface area contributed by atoms with E-state index in [1.165, 1.54) is 6.07 Å². The number of imidazole rings is 1.